The van der Waals surface area contributed by atoms with Gasteiger partial charge in [-0.2, -0.15) is 0 Å². The van der Waals surface area contributed by atoms with Gasteiger partial charge < -0.3 is 0 Å². The Balaban J connectivity index is 0. The third-order valence-corrected chi connectivity index (χ3v) is 0. The Bertz CT molecular complexity index is 11.6. The summed E-state index contributed by atoms with van der Waals surface area (Å²) in [5.41, 5.74) is 0. The standard InChI is InChI=1S/Ca.Cu.Fe.Sr.Zn. The Kier molecular flexibility index (Phi) is 163. The molecule has 0 amide bonds. The van der Waals surface area contributed by atoms with Crippen molar-refractivity contribution in [3.05, 3.63) is 0 Å². The molecule has 0 fully saturated rings. The molecule has 0 aliphatic rings. The van der Waals surface area contributed by atoms with Crippen LogP contribution < -0.4 is 0 Å². The van der Waals surface area contributed by atoms with Crippen LogP contribution in [0.4, 0.5) is 0 Å². The summed E-state index contributed by atoms with van der Waals surface area (Å²) in [7, 11) is 0. The minimum Gasteiger partial charge on any atom is 0 e. The summed E-state index contributed by atoms with van der Waals surface area (Å²) in [6, 6.07) is 0. The molecule has 0 saturated heterocycles. The fourth-order valence-corrected chi connectivity index (χ4v) is 0. The zero-order valence-electron chi connectivity index (χ0n) is 2.78. The average Bonchev–Trinajstić information content (AvgIpc) is 0. The van der Waals surface area contributed by atoms with Crippen LogP contribution in [-0.4, -0.2) is 83.2 Å². The monoisotopic (exact) mass is 311 g/mol. The summed E-state index contributed by atoms with van der Waals surface area (Å²) in [5.74, 6) is 0. The topological polar surface area (TPSA) is 0 Å². The van der Waals surface area contributed by atoms with Crippen molar-refractivity contribution in [2.24, 2.45) is 0 Å². The van der Waals surface area contributed by atoms with E-state index < -0.39 is 0 Å². The molecule has 0 aromatic rings. The first-order valence-corrected chi connectivity index (χ1v) is 0. The van der Waals surface area contributed by atoms with E-state index in [0.29, 0.717) is 0 Å². The van der Waals surface area contributed by atoms with E-state index in [1.807, 2.05) is 0 Å². The Morgan fingerprint density at radius 3 is 1.00 bits per heavy atom. The number of rotatable bonds is 0. The predicted octanol–water partition coefficient (Wildman–Crippen LogP) is -0.769. The van der Waals surface area contributed by atoms with Crippen LogP contribution in [0.3, 0.4) is 0 Å². The summed E-state index contributed by atoms with van der Waals surface area (Å²) in [4.78, 5) is 0. The van der Waals surface area contributed by atoms with E-state index in [0.717, 1.165) is 0 Å². The van der Waals surface area contributed by atoms with Crippen molar-refractivity contribution < 1.29 is 53.6 Å². The molecule has 0 aromatic carbocycles. The first kappa shape index (κ1) is 34.2. The van der Waals surface area contributed by atoms with E-state index >= 15 is 0 Å². The molecule has 0 N–H and O–H groups in total. The van der Waals surface area contributed by atoms with Crippen LogP contribution in [0.25, 0.3) is 0 Å². The van der Waals surface area contributed by atoms with E-state index in [9.17, 15) is 0 Å². The van der Waals surface area contributed by atoms with Crippen molar-refractivity contribution in [3.63, 3.8) is 0 Å². The first-order valence-electron chi connectivity index (χ1n) is 0. The third kappa shape index (κ3) is 17.8. The second kappa shape index (κ2) is 23.8. The fraction of sp³-hybridized carbons (Fsp3) is 0. The van der Waals surface area contributed by atoms with Gasteiger partial charge in [-0.05, 0) is 0 Å². The molecule has 0 heterocycles. The molecule has 5 heavy (non-hydrogen) atoms. The van der Waals surface area contributed by atoms with Gasteiger partial charge in [0.05, 0.1) is 0 Å². The quantitative estimate of drug-likeness (QED) is 0.516. The van der Waals surface area contributed by atoms with Gasteiger partial charge in [-0.1, -0.05) is 0 Å². The van der Waals surface area contributed by atoms with Crippen LogP contribution in [0.5, 0.6) is 0 Å². The van der Waals surface area contributed by atoms with E-state index in [1.165, 1.54) is 0 Å². The number of hydrogen-bond acceptors (Lipinski definition) is 0. The van der Waals surface area contributed by atoms with Gasteiger partial charge in [-0.25, -0.2) is 0 Å². The van der Waals surface area contributed by atoms with E-state index in [4.69, 9.17) is 0 Å². The first-order chi connectivity index (χ1) is 0. The van der Waals surface area contributed by atoms with Gasteiger partial charge in [0.15, 0.2) is 0 Å². The molecule has 25 valence electrons. The smallest absolute Gasteiger partial charge is 0 e. The minimum absolute atomic E-state index is 0. The molecule has 0 nitrogen and oxygen atoms in total. The maximum absolute atomic E-state index is 0. The Hall–Kier alpha value is 4.40. The van der Waals surface area contributed by atoms with Crippen LogP contribution in [0.1, 0.15) is 0 Å². The molecule has 0 spiro atoms. The molecule has 0 unspecified atom stereocenters. The normalized spacial score (nSPS) is 0. The van der Waals surface area contributed by atoms with Gasteiger partial charge in [-0.3, -0.25) is 0 Å². The minimum atomic E-state index is 0. The van der Waals surface area contributed by atoms with Crippen LogP contribution in [-0.2, 0) is 53.6 Å². The molecule has 5 radical (unpaired) electrons. The maximum Gasteiger partial charge on any atom is 0 e. The molecule has 0 atom stereocenters. The van der Waals surface area contributed by atoms with Gasteiger partial charge in [0.1, 0.15) is 0 Å². The van der Waals surface area contributed by atoms with Gasteiger partial charge in [0.2, 0.25) is 0 Å². The molecule has 0 rings (SSSR count). The summed E-state index contributed by atoms with van der Waals surface area (Å²) >= 11 is 0. The van der Waals surface area contributed by atoms with E-state index in [1.54, 1.807) is 0 Å². The third-order valence-electron chi connectivity index (χ3n) is 0. The molecule has 0 saturated carbocycles. The maximum atomic E-state index is 0. The molecule has 5 heteroatoms. The molecular formula is CaCuFeSrZn. The van der Waals surface area contributed by atoms with Crippen molar-refractivity contribution >= 4 is 83.2 Å². The summed E-state index contributed by atoms with van der Waals surface area (Å²) < 4.78 is 0. The van der Waals surface area contributed by atoms with E-state index in [-0.39, 0.29) is 137 Å². The van der Waals surface area contributed by atoms with Crippen molar-refractivity contribution in [1.29, 1.82) is 0 Å². The molecule has 0 bridgehead atoms. The zero-order valence-corrected chi connectivity index (χ0v) is 13.5. The van der Waals surface area contributed by atoms with E-state index in [2.05, 4.69) is 0 Å². The average molecular weight is 312 g/mol. The molecule has 0 aromatic heterocycles. The number of hydrogen-bond donors (Lipinski definition) is 0. The van der Waals surface area contributed by atoms with Gasteiger partial charge >= 0.3 is 0 Å². The molecular weight excluding hydrogens is 312 g/mol. The zero-order chi connectivity index (χ0) is 0. The van der Waals surface area contributed by atoms with Crippen molar-refractivity contribution in [3.8, 4) is 0 Å². The SMILES string of the molecule is [Ca].[Cu].[Fe].[Sr].[Zn]. The van der Waals surface area contributed by atoms with Gasteiger partial charge in [-0.15, -0.1) is 0 Å². The van der Waals surface area contributed by atoms with Gasteiger partial charge in [0, 0.05) is 137 Å². The Labute approximate surface area is 133 Å². The van der Waals surface area contributed by atoms with Crippen molar-refractivity contribution in [2.45, 2.75) is 0 Å². The summed E-state index contributed by atoms with van der Waals surface area (Å²) in [5, 5.41) is 0. The van der Waals surface area contributed by atoms with Crippen LogP contribution >= 0.6 is 0 Å². The summed E-state index contributed by atoms with van der Waals surface area (Å²) in [6.45, 7) is 0. The predicted molar refractivity (Wildman–Crippen MR) is 11.5 cm³/mol. The second-order valence-corrected chi connectivity index (χ2v) is 0. The Morgan fingerprint density at radius 1 is 1.00 bits per heavy atom. The largest absolute Gasteiger partial charge is 0 e. The summed E-state index contributed by atoms with van der Waals surface area (Å²) in [6.07, 6.45) is 0. The van der Waals surface area contributed by atoms with Gasteiger partial charge in [0.25, 0.3) is 0 Å². The van der Waals surface area contributed by atoms with Crippen LogP contribution in [0, 0.1) is 0 Å². The van der Waals surface area contributed by atoms with Crippen LogP contribution in [0.15, 0.2) is 0 Å². The second-order valence-electron chi connectivity index (χ2n) is 0. The fourth-order valence-electron chi connectivity index (χ4n) is 0. The molecule has 0 aliphatic heterocycles. The molecule has 0 aliphatic carbocycles. The Morgan fingerprint density at radius 2 is 1.00 bits per heavy atom. The van der Waals surface area contributed by atoms with Crippen LogP contribution in [0.2, 0.25) is 0 Å². The van der Waals surface area contributed by atoms with Crippen molar-refractivity contribution in [2.75, 3.05) is 0 Å². The van der Waals surface area contributed by atoms with Crippen molar-refractivity contribution in [1.82, 2.24) is 0 Å².